The van der Waals surface area contributed by atoms with Crippen molar-refractivity contribution in [1.82, 2.24) is 29.5 Å². The average Bonchev–Trinajstić information content (AvgIpc) is 3.09. The van der Waals surface area contributed by atoms with Gasteiger partial charge in [0.1, 0.15) is 12.1 Å². The van der Waals surface area contributed by atoms with Crippen LogP contribution in [0.4, 0.5) is 5.82 Å². The molecule has 0 spiro atoms. The Hall–Kier alpha value is -2.54. The smallest absolute Gasteiger partial charge is 0.254 e. The molecule has 124 valence electrons. The summed E-state index contributed by atoms with van der Waals surface area (Å²) in [5.41, 5.74) is 2.24. The molecule has 0 aromatic carbocycles. The quantitative estimate of drug-likeness (QED) is 0.731. The second kappa shape index (κ2) is 6.16. The van der Waals surface area contributed by atoms with Crippen molar-refractivity contribution in [2.24, 2.45) is 0 Å². The van der Waals surface area contributed by atoms with Crippen LogP contribution in [0.3, 0.4) is 0 Å². The summed E-state index contributed by atoms with van der Waals surface area (Å²) in [6.45, 7) is 8.19. The van der Waals surface area contributed by atoms with E-state index >= 15 is 0 Å². The van der Waals surface area contributed by atoms with E-state index in [1.165, 1.54) is 5.56 Å². The van der Waals surface area contributed by atoms with Crippen molar-refractivity contribution >= 4 is 11.6 Å². The van der Waals surface area contributed by atoms with Gasteiger partial charge in [0, 0.05) is 56.4 Å². The molecule has 1 aliphatic rings. The normalized spacial score (nSPS) is 17.3. The van der Waals surface area contributed by atoms with Gasteiger partial charge in [-0.25, -0.2) is 4.98 Å². The Morgan fingerprint density at radius 3 is 2.75 bits per heavy atom. The van der Waals surface area contributed by atoms with Crippen molar-refractivity contribution < 1.29 is 0 Å². The van der Waals surface area contributed by atoms with E-state index in [1.807, 2.05) is 29.9 Å². The lowest BCUT2D eigenvalue weighted by atomic mass is 10.1. The molecular weight excluding hydrogens is 302 g/mol. The summed E-state index contributed by atoms with van der Waals surface area (Å²) in [7, 11) is 0. The number of aromatic nitrogens is 5. The van der Waals surface area contributed by atoms with Gasteiger partial charge in [-0.05, 0) is 25.5 Å². The summed E-state index contributed by atoms with van der Waals surface area (Å²) in [5, 5.41) is 4.32. The van der Waals surface area contributed by atoms with Crippen molar-refractivity contribution in [3.05, 3.63) is 48.2 Å². The molecule has 0 radical (unpaired) electrons. The molecule has 4 heterocycles. The highest BCUT2D eigenvalue weighted by Gasteiger charge is 2.24. The zero-order valence-electron chi connectivity index (χ0n) is 14.0. The Labute approximate surface area is 141 Å². The van der Waals surface area contributed by atoms with Gasteiger partial charge in [-0.3, -0.25) is 9.88 Å². The van der Waals surface area contributed by atoms with Crippen molar-refractivity contribution in [3.63, 3.8) is 0 Å². The van der Waals surface area contributed by atoms with E-state index in [2.05, 4.69) is 48.9 Å². The standard InChI is InChI=1S/C17H21N7/c1-13-10-16(24-17(21-13)19-12-20-24)23-8-6-22(7-9-23)14(2)15-4-3-5-18-11-15/h3-5,10-12,14H,6-9H2,1-2H3. The maximum atomic E-state index is 4.42. The Balaban J connectivity index is 1.51. The number of rotatable bonds is 3. The number of hydrogen-bond acceptors (Lipinski definition) is 6. The van der Waals surface area contributed by atoms with Crippen LogP contribution in [-0.2, 0) is 0 Å². The molecular formula is C17H21N7. The molecule has 1 unspecified atom stereocenters. The minimum Gasteiger partial charge on any atom is -0.354 e. The second-order valence-corrected chi connectivity index (χ2v) is 6.21. The molecule has 0 aliphatic carbocycles. The largest absolute Gasteiger partial charge is 0.354 e. The van der Waals surface area contributed by atoms with Crippen molar-refractivity contribution in [2.45, 2.75) is 19.9 Å². The van der Waals surface area contributed by atoms with Crippen LogP contribution >= 0.6 is 0 Å². The first kappa shape index (κ1) is 15.0. The van der Waals surface area contributed by atoms with Gasteiger partial charge in [-0.15, -0.1) is 0 Å². The molecule has 1 aliphatic heterocycles. The number of hydrogen-bond donors (Lipinski definition) is 0. The van der Waals surface area contributed by atoms with Crippen LogP contribution in [0.2, 0.25) is 0 Å². The molecule has 4 rings (SSSR count). The number of anilines is 1. The third kappa shape index (κ3) is 2.71. The molecule has 0 saturated carbocycles. The summed E-state index contributed by atoms with van der Waals surface area (Å²) < 4.78 is 1.83. The molecule has 3 aromatic rings. The van der Waals surface area contributed by atoms with Gasteiger partial charge in [-0.1, -0.05) is 6.07 Å². The summed E-state index contributed by atoms with van der Waals surface area (Å²) >= 11 is 0. The molecule has 1 atom stereocenters. The highest BCUT2D eigenvalue weighted by molar-refractivity contribution is 5.47. The molecule has 7 heteroatoms. The van der Waals surface area contributed by atoms with Crippen LogP contribution in [0, 0.1) is 6.92 Å². The van der Waals surface area contributed by atoms with Gasteiger partial charge in [0.05, 0.1) is 0 Å². The van der Waals surface area contributed by atoms with Crippen LogP contribution < -0.4 is 4.90 Å². The monoisotopic (exact) mass is 323 g/mol. The number of nitrogens with zero attached hydrogens (tertiary/aromatic N) is 7. The molecule has 0 bridgehead atoms. The third-order valence-corrected chi connectivity index (χ3v) is 4.71. The van der Waals surface area contributed by atoms with E-state index in [0.717, 1.165) is 37.7 Å². The molecule has 7 nitrogen and oxygen atoms in total. The summed E-state index contributed by atoms with van der Waals surface area (Å²) in [4.78, 5) is 17.7. The zero-order valence-corrected chi connectivity index (χ0v) is 14.0. The number of aryl methyl sites for hydroxylation is 1. The molecule has 1 fully saturated rings. The lowest BCUT2D eigenvalue weighted by Crippen LogP contribution is -2.47. The van der Waals surface area contributed by atoms with E-state index in [0.29, 0.717) is 11.8 Å². The SMILES string of the molecule is Cc1cc(N2CCN(C(C)c3cccnc3)CC2)n2ncnc2n1. The van der Waals surface area contributed by atoms with E-state index < -0.39 is 0 Å². The van der Waals surface area contributed by atoms with Crippen LogP contribution in [-0.4, -0.2) is 55.6 Å². The van der Waals surface area contributed by atoms with Crippen LogP contribution in [0.1, 0.15) is 24.2 Å². The lowest BCUT2D eigenvalue weighted by Gasteiger charge is -2.39. The van der Waals surface area contributed by atoms with E-state index in [-0.39, 0.29) is 0 Å². The van der Waals surface area contributed by atoms with Crippen molar-refractivity contribution in [1.29, 1.82) is 0 Å². The Bertz CT molecular complexity index is 821. The number of piperazine rings is 1. The first-order chi connectivity index (χ1) is 11.7. The molecule has 0 amide bonds. The first-order valence-electron chi connectivity index (χ1n) is 8.28. The van der Waals surface area contributed by atoms with Gasteiger partial charge in [0.2, 0.25) is 0 Å². The van der Waals surface area contributed by atoms with Crippen molar-refractivity contribution in [3.8, 4) is 0 Å². The molecule has 24 heavy (non-hydrogen) atoms. The van der Waals surface area contributed by atoms with Gasteiger partial charge < -0.3 is 4.90 Å². The third-order valence-electron chi connectivity index (χ3n) is 4.71. The summed E-state index contributed by atoms with van der Waals surface area (Å²) in [6, 6.07) is 6.62. The second-order valence-electron chi connectivity index (χ2n) is 6.21. The number of pyridine rings is 1. The Morgan fingerprint density at radius 1 is 1.17 bits per heavy atom. The van der Waals surface area contributed by atoms with Crippen molar-refractivity contribution in [2.75, 3.05) is 31.1 Å². The Morgan fingerprint density at radius 2 is 2.00 bits per heavy atom. The fourth-order valence-corrected chi connectivity index (χ4v) is 3.31. The fraction of sp³-hybridized carbons (Fsp3) is 0.412. The summed E-state index contributed by atoms with van der Waals surface area (Å²) in [6.07, 6.45) is 5.34. The van der Waals surface area contributed by atoms with Gasteiger partial charge >= 0.3 is 0 Å². The molecule has 3 aromatic heterocycles. The average molecular weight is 323 g/mol. The maximum absolute atomic E-state index is 4.42. The van der Waals surface area contributed by atoms with E-state index in [4.69, 9.17) is 0 Å². The topological polar surface area (TPSA) is 62.5 Å². The predicted octanol–water partition coefficient (Wildman–Crippen LogP) is 1.71. The summed E-state index contributed by atoms with van der Waals surface area (Å²) in [5.74, 6) is 1.74. The molecule has 1 saturated heterocycles. The Kier molecular flexibility index (Phi) is 3.86. The van der Waals surface area contributed by atoms with Crippen LogP contribution in [0.15, 0.2) is 36.9 Å². The predicted molar refractivity (Wildman–Crippen MR) is 92.0 cm³/mol. The zero-order chi connectivity index (χ0) is 16.5. The fourth-order valence-electron chi connectivity index (χ4n) is 3.31. The van der Waals surface area contributed by atoms with E-state index in [1.54, 1.807) is 6.33 Å². The van der Waals surface area contributed by atoms with E-state index in [9.17, 15) is 0 Å². The lowest BCUT2D eigenvalue weighted by molar-refractivity contribution is 0.197. The van der Waals surface area contributed by atoms with Gasteiger partial charge in [0.25, 0.3) is 5.78 Å². The minimum atomic E-state index is 0.381. The highest BCUT2D eigenvalue weighted by atomic mass is 15.4. The van der Waals surface area contributed by atoms with Crippen LogP contribution in [0.5, 0.6) is 0 Å². The molecule has 0 N–H and O–H groups in total. The highest BCUT2D eigenvalue weighted by Crippen LogP contribution is 2.23. The minimum absolute atomic E-state index is 0.381. The van der Waals surface area contributed by atoms with Crippen LogP contribution in [0.25, 0.3) is 5.78 Å². The van der Waals surface area contributed by atoms with Gasteiger partial charge in [-0.2, -0.15) is 14.6 Å². The maximum Gasteiger partial charge on any atom is 0.254 e. The number of fused-ring (bicyclic) bond motifs is 1. The van der Waals surface area contributed by atoms with Gasteiger partial charge in [0.15, 0.2) is 0 Å². The first-order valence-corrected chi connectivity index (χ1v) is 8.28.